The minimum Gasteiger partial charge on any atom is -0.486 e. The summed E-state index contributed by atoms with van der Waals surface area (Å²) in [5, 5.41) is 18.2. The maximum absolute atomic E-state index is 13.6. The number of rotatable bonds is 6. The molecule has 1 aliphatic rings. The first-order chi connectivity index (χ1) is 17.0. The highest BCUT2D eigenvalue weighted by molar-refractivity contribution is 7.92. The van der Waals surface area contributed by atoms with Crippen LogP contribution in [-0.2, 0) is 21.0 Å². The van der Waals surface area contributed by atoms with Crippen LogP contribution >= 0.6 is 0 Å². The van der Waals surface area contributed by atoms with Crippen LogP contribution in [0.3, 0.4) is 0 Å². The Morgan fingerprint density at radius 1 is 1.08 bits per heavy atom. The second-order valence-corrected chi connectivity index (χ2v) is 9.97. The van der Waals surface area contributed by atoms with Crippen molar-refractivity contribution >= 4 is 21.7 Å². The van der Waals surface area contributed by atoms with Gasteiger partial charge < -0.3 is 9.84 Å². The van der Waals surface area contributed by atoms with Gasteiger partial charge in [-0.25, -0.2) is 8.42 Å². The number of anilines is 1. The molecule has 0 aromatic heterocycles. The van der Waals surface area contributed by atoms with Gasteiger partial charge in [0, 0.05) is 6.42 Å². The van der Waals surface area contributed by atoms with Crippen molar-refractivity contribution in [3.8, 4) is 22.9 Å². The molecule has 1 N–H and O–H groups in total. The molecule has 7 nitrogen and oxygen atoms in total. The maximum Gasteiger partial charge on any atom is 0.416 e. The molecule has 36 heavy (non-hydrogen) atoms. The van der Waals surface area contributed by atoms with Gasteiger partial charge in [0.1, 0.15) is 11.9 Å². The number of halogens is 3. The van der Waals surface area contributed by atoms with Crippen LogP contribution in [0.2, 0.25) is 0 Å². The average Bonchev–Trinajstić information content (AvgIpc) is 2.86. The van der Waals surface area contributed by atoms with E-state index in [9.17, 15) is 31.6 Å². The van der Waals surface area contributed by atoms with E-state index in [0.717, 1.165) is 22.5 Å². The van der Waals surface area contributed by atoms with Crippen molar-refractivity contribution in [2.75, 3.05) is 10.8 Å². The van der Waals surface area contributed by atoms with E-state index in [1.54, 1.807) is 30.3 Å². The average molecular weight is 516 g/mol. The lowest BCUT2D eigenvalue weighted by atomic mass is 10.0. The van der Waals surface area contributed by atoms with Crippen LogP contribution < -0.4 is 9.04 Å². The molecule has 0 saturated heterocycles. The van der Waals surface area contributed by atoms with E-state index in [0.29, 0.717) is 22.8 Å². The Labute approximate surface area is 205 Å². The van der Waals surface area contributed by atoms with E-state index >= 15 is 0 Å². The zero-order valence-corrected chi connectivity index (χ0v) is 19.4. The van der Waals surface area contributed by atoms with E-state index in [1.807, 2.05) is 6.07 Å². The smallest absolute Gasteiger partial charge is 0.416 e. The molecule has 3 aromatic carbocycles. The second-order valence-electron chi connectivity index (χ2n) is 8.11. The van der Waals surface area contributed by atoms with Crippen molar-refractivity contribution in [1.82, 2.24) is 0 Å². The Morgan fingerprint density at radius 2 is 1.81 bits per heavy atom. The molecule has 0 spiro atoms. The van der Waals surface area contributed by atoms with Crippen LogP contribution in [0.25, 0.3) is 11.1 Å². The number of carboxylic acids is 1. The van der Waals surface area contributed by atoms with Crippen molar-refractivity contribution in [2.45, 2.75) is 30.0 Å². The molecule has 1 aliphatic heterocycles. The molecule has 1 heterocycles. The van der Waals surface area contributed by atoms with Crippen molar-refractivity contribution in [3.05, 3.63) is 77.9 Å². The quantitative estimate of drug-likeness (QED) is 0.491. The second kappa shape index (κ2) is 9.54. The third-order valence-corrected chi connectivity index (χ3v) is 7.42. The van der Waals surface area contributed by atoms with E-state index in [4.69, 9.17) is 9.84 Å². The normalized spacial score (nSPS) is 15.5. The molecule has 0 unspecified atom stereocenters. The highest BCUT2D eigenvalue weighted by atomic mass is 32.2. The summed E-state index contributed by atoms with van der Waals surface area (Å²) in [7, 11) is -4.49. The maximum atomic E-state index is 13.6. The highest BCUT2D eigenvalue weighted by Gasteiger charge is 2.37. The van der Waals surface area contributed by atoms with Crippen LogP contribution in [0, 0.1) is 11.3 Å². The van der Waals surface area contributed by atoms with Gasteiger partial charge in [-0.1, -0.05) is 24.3 Å². The first-order valence-electron chi connectivity index (χ1n) is 10.7. The lowest BCUT2D eigenvalue weighted by Crippen LogP contribution is -2.43. The zero-order valence-electron chi connectivity index (χ0n) is 18.6. The molecular weight excluding hydrogens is 497 g/mol. The van der Waals surface area contributed by atoms with Crippen molar-refractivity contribution < 1.29 is 36.2 Å². The molecule has 11 heteroatoms. The third kappa shape index (κ3) is 5.13. The Bertz CT molecular complexity index is 1470. The number of aliphatic carboxylic acids is 1. The number of nitrogens with zero attached hydrogens (tertiary/aromatic N) is 2. The van der Waals surface area contributed by atoms with Crippen LogP contribution in [0.1, 0.15) is 24.0 Å². The van der Waals surface area contributed by atoms with Crippen molar-refractivity contribution in [1.29, 1.82) is 5.26 Å². The van der Waals surface area contributed by atoms with Gasteiger partial charge in [0.15, 0.2) is 0 Å². The van der Waals surface area contributed by atoms with E-state index in [1.165, 1.54) is 12.1 Å². The molecule has 1 atom stereocenters. The van der Waals surface area contributed by atoms with Crippen LogP contribution in [0.15, 0.2) is 71.6 Å². The zero-order chi connectivity index (χ0) is 26.1. The minimum absolute atomic E-state index is 0.00461. The van der Waals surface area contributed by atoms with Gasteiger partial charge in [-0.2, -0.15) is 18.4 Å². The molecule has 0 amide bonds. The monoisotopic (exact) mass is 516 g/mol. The minimum atomic E-state index is -4.74. The molecule has 186 valence electrons. The van der Waals surface area contributed by atoms with Gasteiger partial charge in [-0.3, -0.25) is 9.10 Å². The number of sulfonamides is 1. The van der Waals surface area contributed by atoms with Gasteiger partial charge >= 0.3 is 12.1 Å². The summed E-state index contributed by atoms with van der Waals surface area (Å²) in [6, 6.07) is 16.8. The summed E-state index contributed by atoms with van der Waals surface area (Å²) in [4.78, 5) is 10.5. The molecule has 0 radical (unpaired) electrons. The summed E-state index contributed by atoms with van der Waals surface area (Å²) in [6.45, 7) is -0.291. The molecule has 4 rings (SSSR count). The molecular formula is C25H19F3N2O5S. The summed E-state index contributed by atoms with van der Waals surface area (Å²) in [5.74, 6) is -0.947. The van der Waals surface area contributed by atoms with Gasteiger partial charge in [-0.15, -0.1) is 0 Å². The number of fused-ring (bicyclic) bond motifs is 1. The number of carbonyl (C=O) groups is 1. The Hall–Kier alpha value is -4.04. The van der Waals surface area contributed by atoms with Crippen LogP contribution in [-0.4, -0.2) is 32.1 Å². The number of hydrogen-bond acceptors (Lipinski definition) is 5. The van der Waals surface area contributed by atoms with Gasteiger partial charge in [0.05, 0.1) is 34.3 Å². The predicted octanol–water partition coefficient (Wildman–Crippen LogP) is 5.07. The number of benzene rings is 3. The standard InChI is InChI=1S/C25H19F3N2O5S/c26-25(27,28)19-5-2-6-21(13-19)36(33,34)30-15-20(8-10-24(31)32)35-23-9-7-18(12-22(23)30)17-4-1-3-16(11-17)14-29/h1-7,9,11-13,20H,8,10,15H2,(H,31,32)/t20-/m0/s1. The van der Waals surface area contributed by atoms with Crippen LogP contribution in [0.4, 0.5) is 18.9 Å². The summed E-state index contributed by atoms with van der Waals surface area (Å²) < 4.78 is 73.8. The summed E-state index contributed by atoms with van der Waals surface area (Å²) >= 11 is 0. The Morgan fingerprint density at radius 3 is 2.50 bits per heavy atom. The highest BCUT2D eigenvalue weighted by Crippen LogP contribution is 2.41. The molecule has 0 aliphatic carbocycles. The van der Waals surface area contributed by atoms with Crippen molar-refractivity contribution in [3.63, 3.8) is 0 Å². The largest absolute Gasteiger partial charge is 0.486 e. The Balaban J connectivity index is 1.82. The van der Waals surface area contributed by atoms with Crippen molar-refractivity contribution in [2.24, 2.45) is 0 Å². The topological polar surface area (TPSA) is 108 Å². The molecule has 0 saturated carbocycles. The number of hydrogen-bond donors (Lipinski definition) is 1. The van der Waals surface area contributed by atoms with E-state index in [-0.39, 0.29) is 30.8 Å². The summed E-state index contributed by atoms with van der Waals surface area (Å²) in [6.07, 6.45) is -5.86. The molecule has 0 fully saturated rings. The molecule has 0 bridgehead atoms. The first kappa shape index (κ1) is 25.1. The fourth-order valence-electron chi connectivity index (χ4n) is 3.88. The SMILES string of the molecule is N#Cc1cccc(-c2ccc3c(c2)N(S(=O)(=O)c2cccc(C(F)(F)F)c2)C[C@H](CCC(=O)O)O3)c1. The lowest BCUT2D eigenvalue weighted by Gasteiger charge is -2.35. The fourth-order valence-corrected chi connectivity index (χ4v) is 5.43. The third-order valence-electron chi connectivity index (χ3n) is 5.65. The van der Waals surface area contributed by atoms with Gasteiger partial charge in [-0.05, 0) is 60.0 Å². The van der Waals surface area contributed by atoms with E-state index < -0.39 is 38.7 Å². The van der Waals surface area contributed by atoms with Gasteiger partial charge in [0.2, 0.25) is 0 Å². The first-order valence-corrected chi connectivity index (χ1v) is 12.2. The number of nitriles is 1. The van der Waals surface area contributed by atoms with Crippen LogP contribution in [0.5, 0.6) is 5.75 Å². The lowest BCUT2D eigenvalue weighted by molar-refractivity contribution is -0.138. The van der Waals surface area contributed by atoms with E-state index in [2.05, 4.69) is 0 Å². The molecule has 3 aromatic rings. The summed E-state index contributed by atoms with van der Waals surface area (Å²) in [5.41, 5.74) is 0.563. The number of alkyl halides is 3. The number of carboxylic acid groups (broad SMARTS) is 1. The predicted molar refractivity (Wildman–Crippen MR) is 124 cm³/mol. The Kier molecular flexibility index (Phi) is 6.65. The van der Waals surface area contributed by atoms with Gasteiger partial charge in [0.25, 0.3) is 10.0 Å². The number of ether oxygens (including phenoxy) is 1. The fraction of sp³-hybridized carbons (Fsp3) is 0.200.